The lowest BCUT2D eigenvalue weighted by molar-refractivity contribution is -0.123. The molecule has 0 aliphatic heterocycles. The normalized spacial score (nSPS) is 16.4. The molecule has 0 radical (unpaired) electrons. The highest BCUT2D eigenvalue weighted by Crippen LogP contribution is 2.41. The van der Waals surface area contributed by atoms with Gasteiger partial charge in [0.1, 0.15) is 12.4 Å². The number of ether oxygens (including phenoxy) is 1. The SMILES string of the molecule is CN(C=O)C1(c2ccc(OCc3ccccc3)cc2)CCCCC1. The lowest BCUT2D eigenvalue weighted by atomic mass is 9.75. The van der Waals surface area contributed by atoms with Crippen molar-refractivity contribution in [3.63, 3.8) is 0 Å². The average molecular weight is 323 g/mol. The quantitative estimate of drug-likeness (QED) is 0.732. The Hall–Kier alpha value is -2.29. The molecule has 3 rings (SSSR count). The summed E-state index contributed by atoms with van der Waals surface area (Å²) in [7, 11) is 1.90. The maximum absolute atomic E-state index is 11.4. The van der Waals surface area contributed by atoms with Crippen LogP contribution in [0.3, 0.4) is 0 Å². The highest BCUT2D eigenvalue weighted by Gasteiger charge is 2.37. The first kappa shape index (κ1) is 16.6. The van der Waals surface area contributed by atoms with Crippen molar-refractivity contribution in [1.82, 2.24) is 4.90 Å². The van der Waals surface area contributed by atoms with Crippen LogP contribution in [0.5, 0.6) is 5.75 Å². The Labute approximate surface area is 144 Å². The summed E-state index contributed by atoms with van der Waals surface area (Å²) in [6.45, 7) is 0.569. The van der Waals surface area contributed by atoms with Crippen molar-refractivity contribution in [2.24, 2.45) is 0 Å². The van der Waals surface area contributed by atoms with Crippen LogP contribution in [0.2, 0.25) is 0 Å². The fourth-order valence-corrected chi connectivity index (χ4v) is 3.68. The summed E-state index contributed by atoms with van der Waals surface area (Å²) in [5, 5.41) is 0. The first-order chi connectivity index (χ1) is 11.7. The fraction of sp³-hybridized carbons (Fsp3) is 0.381. The minimum atomic E-state index is -0.155. The lowest BCUT2D eigenvalue weighted by Crippen LogP contribution is -2.44. The predicted molar refractivity (Wildman–Crippen MR) is 95.8 cm³/mol. The minimum absolute atomic E-state index is 0.155. The Kier molecular flexibility index (Phi) is 5.19. The zero-order chi connectivity index (χ0) is 16.8. The highest BCUT2D eigenvalue weighted by atomic mass is 16.5. The maximum Gasteiger partial charge on any atom is 0.210 e. The summed E-state index contributed by atoms with van der Waals surface area (Å²) in [6, 6.07) is 18.4. The summed E-state index contributed by atoms with van der Waals surface area (Å²) in [5.74, 6) is 0.863. The van der Waals surface area contributed by atoms with Gasteiger partial charge in [0.25, 0.3) is 0 Å². The lowest BCUT2D eigenvalue weighted by Gasteiger charge is -2.43. The molecule has 0 heterocycles. The number of amides is 1. The monoisotopic (exact) mass is 323 g/mol. The first-order valence-electron chi connectivity index (χ1n) is 8.70. The Morgan fingerprint density at radius 2 is 1.67 bits per heavy atom. The third kappa shape index (κ3) is 3.45. The maximum atomic E-state index is 11.4. The summed E-state index contributed by atoms with van der Waals surface area (Å²) >= 11 is 0. The molecule has 2 aromatic carbocycles. The Morgan fingerprint density at radius 1 is 1.00 bits per heavy atom. The van der Waals surface area contributed by atoms with Gasteiger partial charge in [0, 0.05) is 7.05 Å². The van der Waals surface area contributed by atoms with E-state index in [2.05, 4.69) is 24.3 Å². The Morgan fingerprint density at radius 3 is 2.29 bits per heavy atom. The van der Waals surface area contributed by atoms with E-state index in [4.69, 9.17) is 4.74 Å². The molecular formula is C21H25NO2. The molecule has 1 aliphatic rings. The van der Waals surface area contributed by atoms with E-state index in [0.717, 1.165) is 30.6 Å². The Bertz CT molecular complexity index is 645. The van der Waals surface area contributed by atoms with Crippen molar-refractivity contribution in [3.05, 3.63) is 65.7 Å². The van der Waals surface area contributed by atoms with Gasteiger partial charge in [0.05, 0.1) is 5.54 Å². The number of nitrogens with zero attached hydrogens (tertiary/aromatic N) is 1. The second-order valence-electron chi connectivity index (χ2n) is 6.61. The van der Waals surface area contributed by atoms with Crippen molar-refractivity contribution >= 4 is 6.41 Å². The van der Waals surface area contributed by atoms with Gasteiger partial charge >= 0.3 is 0 Å². The summed E-state index contributed by atoms with van der Waals surface area (Å²) < 4.78 is 5.87. The average Bonchev–Trinajstić information content (AvgIpc) is 2.67. The van der Waals surface area contributed by atoms with Crippen LogP contribution in [0.15, 0.2) is 54.6 Å². The largest absolute Gasteiger partial charge is 0.489 e. The highest BCUT2D eigenvalue weighted by molar-refractivity contribution is 5.50. The van der Waals surface area contributed by atoms with E-state index in [-0.39, 0.29) is 5.54 Å². The molecule has 1 saturated carbocycles. The smallest absolute Gasteiger partial charge is 0.210 e. The molecule has 0 N–H and O–H groups in total. The van der Waals surface area contributed by atoms with Crippen molar-refractivity contribution in [2.45, 2.75) is 44.2 Å². The van der Waals surface area contributed by atoms with E-state index in [1.807, 2.05) is 42.3 Å². The molecule has 0 atom stereocenters. The van der Waals surface area contributed by atoms with Crippen LogP contribution in [-0.4, -0.2) is 18.4 Å². The van der Waals surface area contributed by atoms with E-state index in [0.29, 0.717) is 6.61 Å². The second kappa shape index (κ2) is 7.52. The molecule has 0 spiro atoms. The van der Waals surface area contributed by atoms with E-state index in [1.54, 1.807) is 0 Å². The molecule has 0 saturated heterocycles. The van der Waals surface area contributed by atoms with Gasteiger partial charge in [-0.3, -0.25) is 4.79 Å². The number of hydrogen-bond donors (Lipinski definition) is 0. The molecule has 2 aromatic rings. The molecule has 3 nitrogen and oxygen atoms in total. The summed E-state index contributed by atoms with van der Waals surface area (Å²) in [5.41, 5.74) is 2.22. The first-order valence-corrected chi connectivity index (χ1v) is 8.70. The zero-order valence-corrected chi connectivity index (χ0v) is 14.3. The van der Waals surface area contributed by atoms with Crippen molar-refractivity contribution < 1.29 is 9.53 Å². The van der Waals surface area contributed by atoms with Gasteiger partial charge in [-0.25, -0.2) is 0 Å². The number of hydrogen-bond acceptors (Lipinski definition) is 2. The van der Waals surface area contributed by atoms with Crippen LogP contribution in [-0.2, 0) is 16.9 Å². The van der Waals surface area contributed by atoms with Gasteiger partial charge < -0.3 is 9.64 Å². The van der Waals surface area contributed by atoms with Gasteiger partial charge in [-0.05, 0) is 36.1 Å². The van der Waals surface area contributed by atoms with Crippen LogP contribution in [0.4, 0.5) is 0 Å². The molecule has 0 bridgehead atoms. The van der Waals surface area contributed by atoms with E-state index in [9.17, 15) is 4.79 Å². The summed E-state index contributed by atoms with van der Waals surface area (Å²) in [6.07, 6.45) is 6.63. The molecule has 3 heteroatoms. The topological polar surface area (TPSA) is 29.5 Å². The molecule has 1 amide bonds. The van der Waals surface area contributed by atoms with Crippen LogP contribution >= 0.6 is 0 Å². The number of rotatable bonds is 6. The molecule has 1 fully saturated rings. The third-order valence-corrected chi connectivity index (χ3v) is 5.15. The van der Waals surface area contributed by atoms with Crippen molar-refractivity contribution in [2.75, 3.05) is 7.05 Å². The molecule has 126 valence electrons. The zero-order valence-electron chi connectivity index (χ0n) is 14.3. The fourth-order valence-electron chi connectivity index (χ4n) is 3.68. The minimum Gasteiger partial charge on any atom is -0.489 e. The van der Waals surface area contributed by atoms with Gasteiger partial charge in [0.15, 0.2) is 0 Å². The van der Waals surface area contributed by atoms with Gasteiger partial charge in [0.2, 0.25) is 6.41 Å². The van der Waals surface area contributed by atoms with Crippen LogP contribution in [0.1, 0.15) is 43.2 Å². The van der Waals surface area contributed by atoms with Gasteiger partial charge in [-0.15, -0.1) is 0 Å². The van der Waals surface area contributed by atoms with E-state index < -0.39 is 0 Å². The number of benzene rings is 2. The predicted octanol–water partition coefficient (Wildman–Crippen LogP) is 4.51. The summed E-state index contributed by atoms with van der Waals surface area (Å²) in [4.78, 5) is 13.3. The Balaban J connectivity index is 1.73. The van der Waals surface area contributed by atoms with Crippen LogP contribution in [0, 0.1) is 0 Å². The molecule has 24 heavy (non-hydrogen) atoms. The third-order valence-electron chi connectivity index (χ3n) is 5.15. The van der Waals surface area contributed by atoms with Gasteiger partial charge in [-0.1, -0.05) is 61.7 Å². The molecule has 0 unspecified atom stereocenters. The number of carbonyl (C=O) groups is 1. The number of carbonyl (C=O) groups excluding carboxylic acids is 1. The second-order valence-corrected chi connectivity index (χ2v) is 6.61. The van der Waals surface area contributed by atoms with Crippen molar-refractivity contribution in [3.8, 4) is 5.75 Å². The van der Waals surface area contributed by atoms with Crippen molar-refractivity contribution in [1.29, 1.82) is 0 Å². The van der Waals surface area contributed by atoms with E-state index >= 15 is 0 Å². The molecule has 1 aliphatic carbocycles. The van der Waals surface area contributed by atoms with Crippen LogP contribution < -0.4 is 4.74 Å². The van der Waals surface area contributed by atoms with Gasteiger partial charge in [-0.2, -0.15) is 0 Å². The van der Waals surface area contributed by atoms with E-state index in [1.165, 1.54) is 24.8 Å². The van der Waals surface area contributed by atoms with Crippen LogP contribution in [0.25, 0.3) is 0 Å². The molecular weight excluding hydrogens is 298 g/mol. The standard InChI is InChI=1S/C21H25NO2/c1-22(17-23)21(14-6-3-7-15-21)19-10-12-20(13-11-19)24-16-18-8-4-2-5-9-18/h2,4-5,8-13,17H,3,6-7,14-16H2,1H3. The molecule has 0 aromatic heterocycles.